The average Bonchev–Trinajstić information content (AvgIpc) is 2.84. The third-order valence-electron chi connectivity index (χ3n) is 3.01. The molecule has 122 valence electrons. The number of hydrogen-bond acceptors (Lipinski definition) is 6. The summed E-state index contributed by atoms with van der Waals surface area (Å²) in [6, 6.07) is 9.15. The van der Waals surface area contributed by atoms with E-state index < -0.39 is 30.0 Å². The van der Waals surface area contributed by atoms with Crippen LogP contribution < -0.4 is 10.6 Å². The minimum atomic E-state index is -1.08. The molecule has 1 aromatic rings. The van der Waals surface area contributed by atoms with Crippen LogP contribution in [0.3, 0.4) is 0 Å². The highest BCUT2D eigenvalue weighted by Gasteiger charge is 2.33. The number of esters is 1. The smallest absolute Gasteiger partial charge is 0.407 e. The van der Waals surface area contributed by atoms with Crippen LogP contribution in [0.2, 0.25) is 0 Å². The maximum atomic E-state index is 11.5. The topological polar surface area (TPSA) is 111 Å². The number of benzene rings is 1. The first-order chi connectivity index (χ1) is 11.0. The summed E-state index contributed by atoms with van der Waals surface area (Å²) in [6.45, 7) is 0.135. The number of amides is 3. The van der Waals surface area contributed by atoms with Crippen LogP contribution in [0.4, 0.5) is 4.79 Å². The van der Waals surface area contributed by atoms with E-state index in [0.717, 1.165) is 5.56 Å². The van der Waals surface area contributed by atoms with Crippen molar-refractivity contribution in [2.75, 3.05) is 6.54 Å². The van der Waals surface area contributed by atoms with Gasteiger partial charge in [0.1, 0.15) is 6.61 Å². The lowest BCUT2D eigenvalue weighted by atomic mass is 10.2. The van der Waals surface area contributed by atoms with Crippen LogP contribution in [0.1, 0.15) is 18.4 Å². The highest BCUT2D eigenvalue weighted by Crippen LogP contribution is 2.07. The Morgan fingerprint density at radius 1 is 1.22 bits per heavy atom. The van der Waals surface area contributed by atoms with Crippen molar-refractivity contribution in [2.24, 2.45) is 0 Å². The van der Waals surface area contributed by atoms with Gasteiger partial charge in [0, 0.05) is 6.54 Å². The van der Waals surface area contributed by atoms with Gasteiger partial charge in [-0.1, -0.05) is 30.3 Å². The first kappa shape index (κ1) is 16.5. The Bertz CT molecular complexity index is 601. The normalized spacial score (nSPS) is 16.6. The second kappa shape index (κ2) is 7.92. The molecule has 1 aliphatic heterocycles. The second-order valence-electron chi connectivity index (χ2n) is 4.83. The Morgan fingerprint density at radius 3 is 2.61 bits per heavy atom. The molecule has 23 heavy (non-hydrogen) atoms. The lowest BCUT2D eigenvalue weighted by Gasteiger charge is -2.09. The molecule has 1 heterocycles. The molecule has 8 nitrogen and oxygen atoms in total. The third kappa shape index (κ3) is 5.42. The number of ether oxygens (including phenoxy) is 2. The van der Waals surface area contributed by atoms with Crippen LogP contribution in [-0.2, 0) is 30.5 Å². The lowest BCUT2D eigenvalue weighted by molar-refractivity contribution is -0.153. The van der Waals surface area contributed by atoms with E-state index in [4.69, 9.17) is 9.47 Å². The van der Waals surface area contributed by atoms with E-state index in [0.29, 0.717) is 0 Å². The monoisotopic (exact) mass is 320 g/mol. The van der Waals surface area contributed by atoms with Crippen molar-refractivity contribution >= 4 is 23.9 Å². The number of nitrogens with one attached hydrogen (secondary N) is 2. The Labute approximate surface area is 132 Å². The Morgan fingerprint density at radius 2 is 1.96 bits per heavy atom. The van der Waals surface area contributed by atoms with Gasteiger partial charge in [0.15, 0.2) is 6.10 Å². The minimum absolute atomic E-state index is 0.00867. The van der Waals surface area contributed by atoms with E-state index in [-0.39, 0.29) is 26.0 Å². The zero-order valence-electron chi connectivity index (χ0n) is 12.2. The zero-order chi connectivity index (χ0) is 16.7. The van der Waals surface area contributed by atoms with Crippen molar-refractivity contribution in [3.8, 4) is 0 Å². The summed E-state index contributed by atoms with van der Waals surface area (Å²) in [4.78, 5) is 45.1. The fraction of sp³-hybridized carbons (Fsp3) is 0.333. The molecule has 0 radical (unpaired) electrons. The summed E-state index contributed by atoms with van der Waals surface area (Å²) in [7, 11) is 0. The van der Waals surface area contributed by atoms with E-state index in [1.807, 2.05) is 35.6 Å². The SMILES string of the molecule is O=C1C[C@H](OC(=O)CCNC(=O)OCc2ccccc2)C(=O)N1. The van der Waals surface area contributed by atoms with Crippen LogP contribution in [0, 0.1) is 0 Å². The van der Waals surface area contributed by atoms with Crippen molar-refractivity contribution in [3.05, 3.63) is 35.9 Å². The molecular formula is C15H16N2O6. The maximum Gasteiger partial charge on any atom is 0.407 e. The molecule has 1 aliphatic rings. The standard InChI is InChI=1S/C15H16N2O6/c18-12-8-11(14(20)17-12)23-13(19)6-7-16-15(21)22-9-10-4-2-1-3-5-10/h1-5,11H,6-9H2,(H,16,21)(H,17,18,20)/t11-/m0/s1. The van der Waals surface area contributed by atoms with Crippen LogP contribution >= 0.6 is 0 Å². The molecule has 1 atom stereocenters. The number of rotatable bonds is 6. The number of carbonyl (C=O) groups is 4. The molecule has 1 saturated heterocycles. The molecule has 8 heteroatoms. The van der Waals surface area contributed by atoms with Crippen LogP contribution in [0.5, 0.6) is 0 Å². The Kier molecular flexibility index (Phi) is 5.67. The molecule has 0 aliphatic carbocycles. The molecule has 0 saturated carbocycles. The van der Waals surface area contributed by atoms with E-state index >= 15 is 0 Å². The second-order valence-corrected chi connectivity index (χ2v) is 4.83. The highest BCUT2D eigenvalue weighted by atomic mass is 16.6. The van der Waals surface area contributed by atoms with Gasteiger partial charge in [-0.05, 0) is 5.56 Å². The lowest BCUT2D eigenvalue weighted by Crippen LogP contribution is -2.31. The largest absolute Gasteiger partial charge is 0.452 e. The predicted octanol–water partition coefficient (Wildman–Crippen LogP) is 0.261. The Balaban J connectivity index is 1.60. The third-order valence-corrected chi connectivity index (χ3v) is 3.01. The quantitative estimate of drug-likeness (QED) is 0.574. The number of carbonyl (C=O) groups excluding carboxylic acids is 4. The molecule has 0 unspecified atom stereocenters. The van der Waals surface area contributed by atoms with Gasteiger partial charge in [0.25, 0.3) is 5.91 Å². The first-order valence-electron chi connectivity index (χ1n) is 7.02. The summed E-state index contributed by atoms with van der Waals surface area (Å²) in [5.74, 6) is -1.78. The fourth-order valence-corrected chi connectivity index (χ4v) is 1.88. The van der Waals surface area contributed by atoms with Crippen molar-refractivity contribution in [1.82, 2.24) is 10.6 Å². The molecule has 1 aromatic carbocycles. The van der Waals surface area contributed by atoms with Crippen molar-refractivity contribution in [1.29, 1.82) is 0 Å². The van der Waals surface area contributed by atoms with Crippen molar-refractivity contribution in [2.45, 2.75) is 25.6 Å². The minimum Gasteiger partial charge on any atom is -0.452 e. The molecule has 0 spiro atoms. The molecule has 3 amide bonds. The summed E-state index contributed by atoms with van der Waals surface area (Å²) < 4.78 is 9.80. The van der Waals surface area contributed by atoms with Crippen molar-refractivity contribution in [3.63, 3.8) is 0 Å². The van der Waals surface area contributed by atoms with Gasteiger partial charge in [-0.2, -0.15) is 0 Å². The van der Waals surface area contributed by atoms with Crippen LogP contribution in [0.15, 0.2) is 30.3 Å². The fourth-order valence-electron chi connectivity index (χ4n) is 1.88. The van der Waals surface area contributed by atoms with Gasteiger partial charge in [-0.15, -0.1) is 0 Å². The predicted molar refractivity (Wildman–Crippen MR) is 76.9 cm³/mol. The summed E-state index contributed by atoms with van der Waals surface area (Å²) >= 11 is 0. The van der Waals surface area contributed by atoms with Gasteiger partial charge in [-0.25, -0.2) is 4.79 Å². The molecule has 1 fully saturated rings. The first-order valence-corrected chi connectivity index (χ1v) is 7.02. The van der Waals surface area contributed by atoms with Crippen LogP contribution in [-0.4, -0.2) is 36.5 Å². The summed E-state index contributed by atoms with van der Waals surface area (Å²) in [5.41, 5.74) is 0.846. The molecule has 0 aromatic heterocycles. The summed E-state index contributed by atoms with van der Waals surface area (Å²) in [5, 5.41) is 4.43. The molecule has 2 rings (SSSR count). The molecule has 2 N–H and O–H groups in total. The van der Waals surface area contributed by atoms with Crippen molar-refractivity contribution < 1.29 is 28.7 Å². The Hall–Kier alpha value is -2.90. The number of alkyl carbamates (subject to hydrolysis) is 1. The van der Waals surface area contributed by atoms with E-state index in [2.05, 4.69) is 5.32 Å². The van der Waals surface area contributed by atoms with Gasteiger partial charge in [0.2, 0.25) is 5.91 Å². The average molecular weight is 320 g/mol. The van der Waals surface area contributed by atoms with E-state index in [1.165, 1.54) is 0 Å². The van der Waals surface area contributed by atoms with Gasteiger partial charge in [0.05, 0.1) is 12.8 Å². The molecule has 0 bridgehead atoms. The molecular weight excluding hydrogens is 304 g/mol. The number of hydrogen-bond donors (Lipinski definition) is 2. The van der Waals surface area contributed by atoms with Gasteiger partial charge in [-0.3, -0.25) is 19.7 Å². The zero-order valence-corrected chi connectivity index (χ0v) is 12.2. The number of imide groups is 1. The summed E-state index contributed by atoms with van der Waals surface area (Å²) in [6.07, 6.45) is -2.04. The maximum absolute atomic E-state index is 11.5. The van der Waals surface area contributed by atoms with Gasteiger partial charge < -0.3 is 14.8 Å². The van der Waals surface area contributed by atoms with E-state index in [1.54, 1.807) is 0 Å². The van der Waals surface area contributed by atoms with E-state index in [9.17, 15) is 19.2 Å². The van der Waals surface area contributed by atoms with Gasteiger partial charge >= 0.3 is 12.1 Å². The van der Waals surface area contributed by atoms with Crippen LogP contribution in [0.25, 0.3) is 0 Å². The highest BCUT2D eigenvalue weighted by molar-refractivity contribution is 6.05.